The quantitative estimate of drug-likeness (QED) is 0.651. The number of halogens is 1. The topological polar surface area (TPSA) is 106 Å². The number of carbonyl (C=O) groups is 1. The van der Waals surface area contributed by atoms with Crippen LogP contribution in [0.15, 0.2) is 41.1 Å². The summed E-state index contributed by atoms with van der Waals surface area (Å²) >= 11 is 0. The predicted octanol–water partition coefficient (Wildman–Crippen LogP) is 3.82. The minimum absolute atomic E-state index is 0.0909. The molecule has 3 aromatic rings. The number of aromatic nitrogens is 4. The summed E-state index contributed by atoms with van der Waals surface area (Å²) in [7, 11) is 0. The highest BCUT2D eigenvalue weighted by Crippen LogP contribution is 2.27. The molecule has 2 unspecified atom stereocenters. The molecule has 9 nitrogen and oxygen atoms in total. The van der Waals surface area contributed by atoms with E-state index in [2.05, 4.69) is 25.4 Å². The highest BCUT2D eigenvalue weighted by Gasteiger charge is 2.37. The summed E-state index contributed by atoms with van der Waals surface area (Å²) in [5.74, 6) is 1.32. The molecule has 0 aliphatic carbocycles. The van der Waals surface area contributed by atoms with Gasteiger partial charge in [-0.1, -0.05) is 19.0 Å². The lowest BCUT2D eigenvalue weighted by Crippen LogP contribution is -2.37. The van der Waals surface area contributed by atoms with E-state index in [1.807, 2.05) is 20.8 Å². The van der Waals surface area contributed by atoms with Crippen LogP contribution in [0.5, 0.6) is 0 Å². The first-order valence-electron chi connectivity index (χ1n) is 9.57. The SMILES string of the molecule is CC(Nc1nccc(N2C(=O)OCC2C(C)C)n1)c1nc(-c2ccc(F)cc2)no1. The number of nitrogens with zero attached hydrogens (tertiary/aromatic N) is 5. The highest BCUT2D eigenvalue weighted by molar-refractivity contribution is 5.89. The van der Waals surface area contributed by atoms with Crippen LogP contribution in [0.25, 0.3) is 11.4 Å². The molecule has 156 valence electrons. The molecule has 1 aromatic carbocycles. The molecule has 1 aliphatic rings. The number of hydrogen-bond acceptors (Lipinski definition) is 8. The van der Waals surface area contributed by atoms with Gasteiger partial charge in [-0.15, -0.1) is 0 Å². The van der Waals surface area contributed by atoms with E-state index < -0.39 is 12.1 Å². The third kappa shape index (κ3) is 3.93. The van der Waals surface area contributed by atoms with Crippen molar-refractivity contribution in [1.29, 1.82) is 0 Å². The van der Waals surface area contributed by atoms with E-state index in [0.717, 1.165) is 0 Å². The Labute approximate surface area is 172 Å². The van der Waals surface area contributed by atoms with Gasteiger partial charge in [0.1, 0.15) is 24.3 Å². The van der Waals surface area contributed by atoms with Gasteiger partial charge < -0.3 is 14.6 Å². The molecule has 1 saturated heterocycles. The third-order valence-electron chi connectivity index (χ3n) is 4.82. The molecule has 0 saturated carbocycles. The van der Waals surface area contributed by atoms with Crippen molar-refractivity contribution >= 4 is 17.9 Å². The summed E-state index contributed by atoms with van der Waals surface area (Å²) in [4.78, 5) is 26.7. The van der Waals surface area contributed by atoms with Gasteiger partial charge in [-0.05, 0) is 43.2 Å². The number of hydrogen-bond donors (Lipinski definition) is 1. The Balaban J connectivity index is 1.50. The molecule has 1 fully saturated rings. The molecule has 10 heteroatoms. The molecule has 0 bridgehead atoms. The van der Waals surface area contributed by atoms with Crippen molar-refractivity contribution in [3.05, 3.63) is 48.2 Å². The summed E-state index contributed by atoms with van der Waals surface area (Å²) in [5.41, 5.74) is 0.643. The van der Waals surface area contributed by atoms with Crippen molar-refractivity contribution in [3.63, 3.8) is 0 Å². The summed E-state index contributed by atoms with van der Waals surface area (Å²) in [6.07, 6.45) is 1.14. The van der Waals surface area contributed by atoms with Gasteiger partial charge in [0.2, 0.25) is 17.7 Å². The minimum atomic E-state index is -0.424. The first kappa shape index (κ1) is 19.7. The second-order valence-electron chi connectivity index (χ2n) is 7.33. The lowest BCUT2D eigenvalue weighted by Gasteiger charge is -2.23. The lowest BCUT2D eigenvalue weighted by molar-refractivity contribution is 0.177. The Morgan fingerprint density at radius 3 is 2.67 bits per heavy atom. The Kier molecular flexibility index (Phi) is 5.30. The van der Waals surface area contributed by atoms with E-state index in [-0.39, 0.29) is 17.8 Å². The predicted molar refractivity (Wildman–Crippen MR) is 106 cm³/mol. The van der Waals surface area contributed by atoms with Crippen molar-refractivity contribution in [2.75, 3.05) is 16.8 Å². The minimum Gasteiger partial charge on any atom is -0.447 e. The summed E-state index contributed by atoms with van der Waals surface area (Å²) in [5, 5.41) is 7.04. The van der Waals surface area contributed by atoms with Crippen LogP contribution in [0.4, 0.5) is 21.0 Å². The fourth-order valence-corrected chi connectivity index (χ4v) is 3.13. The lowest BCUT2D eigenvalue weighted by atomic mass is 10.0. The number of benzene rings is 1. The van der Waals surface area contributed by atoms with Gasteiger partial charge >= 0.3 is 6.09 Å². The molecule has 4 rings (SSSR count). The average molecular weight is 412 g/mol. The molecule has 0 spiro atoms. The second kappa shape index (κ2) is 8.05. The van der Waals surface area contributed by atoms with E-state index >= 15 is 0 Å². The van der Waals surface area contributed by atoms with E-state index in [1.165, 1.54) is 12.1 Å². The first-order chi connectivity index (χ1) is 14.4. The zero-order valence-electron chi connectivity index (χ0n) is 16.7. The van der Waals surface area contributed by atoms with Crippen LogP contribution in [0.3, 0.4) is 0 Å². The number of cyclic esters (lactones) is 1. The van der Waals surface area contributed by atoms with Crippen LogP contribution < -0.4 is 10.2 Å². The molecule has 1 N–H and O–H groups in total. The molecule has 30 heavy (non-hydrogen) atoms. The van der Waals surface area contributed by atoms with Crippen LogP contribution in [0.1, 0.15) is 32.7 Å². The van der Waals surface area contributed by atoms with E-state index in [1.54, 1.807) is 29.3 Å². The molecule has 3 heterocycles. The summed E-state index contributed by atoms with van der Waals surface area (Å²) in [6.45, 7) is 6.19. The normalized spacial score (nSPS) is 17.3. The van der Waals surface area contributed by atoms with Crippen molar-refractivity contribution in [3.8, 4) is 11.4 Å². The molecule has 1 amide bonds. The number of nitrogens with one attached hydrogen (secondary N) is 1. The number of anilines is 2. The molecule has 2 aromatic heterocycles. The number of carbonyl (C=O) groups excluding carboxylic acids is 1. The fraction of sp³-hybridized carbons (Fsp3) is 0.350. The standard InChI is InChI=1S/C20H21FN6O3/c1-11(2)15-10-29-20(28)27(15)16-8-9-22-19(24-16)23-12(3)18-25-17(26-30-18)13-4-6-14(21)7-5-13/h4-9,11-12,15H,10H2,1-3H3,(H,22,23,24). The van der Waals surface area contributed by atoms with Gasteiger partial charge in [0.25, 0.3) is 0 Å². The largest absolute Gasteiger partial charge is 0.447 e. The van der Waals surface area contributed by atoms with Gasteiger partial charge in [0.05, 0.1) is 6.04 Å². The van der Waals surface area contributed by atoms with E-state index in [9.17, 15) is 9.18 Å². The molecular weight excluding hydrogens is 391 g/mol. The zero-order chi connectivity index (χ0) is 21.3. The maximum atomic E-state index is 13.1. The number of amides is 1. The van der Waals surface area contributed by atoms with Crippen LogP contribution in [0, 0.1) is 11.7 Å². The van der Waals surface area contributed by atoms with Crippen molar-refractivity contribution in [2.45, 2.75) is 32.9 Å². The fourth-order valence-electron chi connectivity index (χ4n) is 3.13. The van der Waals surface area contributed by atoms with Crippen LogP contribution >= 0.6 is 0 Å². The Bertz CT molecular complexity index is 1040. The second-order valence-corrected chi connectivity index (χ2v) is 7.33. The van der Waals surface area contributed by atoms with Crippen molar-refractivity contribution in [1.82, 2.24) is 20.1 Å². The van der Waals surface area contributed by atoms with Gasteiger partial charge in [-0.3, -0.25) is 4.90 Å². The first-order valence-corrected chi connectivity index (χ1v) is 9.57. The maximum absolute atomic E-state index is 13.1. The van der Waals surface area contributed by atoms with E-state index in [0.29, 0.717) is 35.7 Å². The third-order valence-corrected chi connectivity index (χ3v) is 4.82. The maximum Gasteiger partial charge on any atom is 0.415 e. The number of rotatable bonds is 6. The molecular formula is C20H21FN6O3. The highest BCUT2D eigenvalue weighted by atomic mass is 19.1. The summed E-state index contributed by atoms with van der Waals surface area (Å²) < 4.78 is 23.6. The Morgan fingerprint density at radius 1 is 1.17 bits per heavy atom. The van der Waals surface area contributed by atoms with Gasteiger partial charge in [0.15, 0.2) is 0 Å². The van der Waals surface area contributed by atoms with Crippen LogP contribution in [-0.2, 0) is 4.74 Å². The zero-order valence-corrected chi connectivity index (χ0v) is 16.7. The van der Waals surface area contributed by atoms with Crippen molar-refractivity contribution in [2.24, 2.45) is 5.92 Å². The monoisotopic (exact) mass is 412 g/mol. The van der Waals surface area contributed by atoms with Crippen LogP contribution in [-0.4, -0.2) is 38.9 Å². The van der Waals surface area contributed by atoms with Gasteiger partial charge in [-0.25, -0.2) is 14.2 Å². The summed E-state index contributed by atoms with van der Waals surface area (Å²) in [6, 6.07) is 7.00. The van der Waals surface area contributed by atoms with Crippen molar-refractivity contribution < 1.29 is 18.4 Å². The smallest absolute Gasteiger partial charge is 0.415 e. The molecule has 0 radical (unpaired) electrons. The van der Waals surface area contributed by atoms with E-state index in [4.69, 9.17) is 9.26 Å². The molecule has 1 aliphatic heterocycles. The average Bonchev–Trinajstić information content (AvgIpc) is 3.36. The Hall–Kier alpha value is -3.56. The number of ether oxygens (including phenoxy) is 1. The molecule has 2 atom stereocenters. The van der Waals surface area contributed by atoms with Gasteiger partial charge in [0, 0.05) is 11.8 Å². The van der Waals surface area contributed by atoms with Gasteiger partial charge in [-0.2, -0.15) is 9.97 Å². The van der Waals surface area contributed by atoms with Crippen LogP contribution in [0.2, 0.25) is 0 Å². The Morgan fingerprint density at radius 2 is 1.93 bits per heavy atom.